The Bertz CT molecular complexity index is 284. The number of hydrogen-bond donors (Lipinski definition) is 0. The highest BCUT2D eigenvalue weighted by Crippen LogP contribution is 2.19. The summed E-state index contributed by atoms with van der Waals surface area (Å²) in [4.78, 5) is 14.1. The molecule has 0 bridgehead atoms. The molecule has 1 saturated heterocycles. The second-order valence-electron chi connectivity index (χ2n) is 7.07. The van der Waals surface area contributed by atoms with E-state index < -0.39 is 0 Å². The van der Waals surface area contributed by atoms with Crippen LogP contribution in [-0.4, -0.2) is 49.8 Å². The molecule has 0 N–H and O–H groups in total. The van der Waals surface area contributed by atoms with E-state index in [1.165, 1.54) is 0 Å². The van der Waals surface area contributed by atoms with Gasteiger partial charge in [0.15, 0.2) is 0 Å². The average molecular weight is 271 g/mol. The van der Waals surface area contributed by atoms with E-state index in [9.17, 15) is 4.79 Å². The highest BCUT2D eigenvalue weighted by atomic mass is 16.6. The maximum atomic E-state index is 11.7. The Labute approximate surface area is 117 Å². The molecule has 1 rings (SSSR count). The Morgan fingerprint density at radius 3 is 2.68 bits per heavy atom. The summed E-state index contributed by atoms with van der Waals surface area (Å²) >= 11 is 0. The lowest BCUT2D eigenvalue weighted by Gasteiger charge is -2.33. The largest absolute Gasteiger partial charge is 0.463 e. The van der Waals surface area contributed by atoms with Crippen molar-refractivity contribution in [2.75, 3.05) is 32.8 Å². The van der Waals surface area contributed by atoms with Crippen LogP contribution in [0.2, 0.25) is 0 Å². The fourth-order valence-electron chi connectivity index (χ4n) is 2.23. The van der Waals surface area contributed by atoms with Gasteiger partial charge in [-0.05, 0) is 11.3 Å². The Morgan fingerprint density at radius 2 is 2.11 bits per heavy atom. The molecular formula is C15H29NO3. The average Bonchev–Trinajstić information content (AvgIpc) is 2.23. The lowest BCUT2D eigenvalue weighted by molar-refractivity contribution is -0.152. The minimum absolute atomic E-state index is 0.0197. The molecule has 0 radical (unpaired) electrons. The first kappa shape index (κ1) is 16.4. The summed E-state index contributed by atoms with van der Waals surface area (Å²) in [5.41, 5.74) is -0.0197. The molecular weight excluding hydrogens is 242 g/mol. The van der Waals surface area contributed by atoms with Gasteiger partial charge in [-0.1, -0.05) is 34.6 Å². The third-order valence-electron chi connectivity index (χ3n) is 2.95. The number of carbonyl (C=O) groups excluding carboxylic acids is 1. The van der Waals surface area contributed by atoms with E-state index in [0.29, 0.717) is 18.9 Å². The van der Waals surface area contributed by atoms with Gasteiger partial charge in [0.1, 0.15) is 12.7 Å². The first-order chi connectivity index (χ1) is 8.76. The molecule has 1 aliphatic heterocycles. The summed E-state index contributed by atoms with van der Waals surface area (Å²) in [5.74, 6) is 0.527. The molecule has 1 fully saturated rings. The van der Waals surface area contributed by atoms with Crippen LogP contribution in [0.3, 0.4) is 0 Å². The van der Waals surface area contributed by atoms with Crippen LogP contribution in [0.5, 0.6) is 0 Å². The van der Waals surface area contributed by atoms with Crippen molar-refractivity contribution in [3.63, 3.8) is 0 Å². The topological polar surface area (TPSA) is 38.8 Å². The first-order valence-electron chi connectivity index (χ1n) is 7.26. The zero-order chi connectivity index (χ0) is 14.5. The van der Waals surface area contributed by atoms with Gasteiger partial charge in [-0.15, -0.1) is 0 Å². The summed E-state index contributed by atoms with van der Waals surface area (Å²) in [7, 11) is 0. The summed E-state index contributed by atoms with van der Waals surface area (Å²) in [5, 5.41) is 0. The minimum atomic E-state index is -0.128. The van der Waals surface area contributed by atoms with Crippen LogP contribution in [0.15, 0.2) is 0 Å². The fourth-order valence-corrected chi connectivity index (χ4v) is 2.23. The normalized spacial score (nSPS) is 21.7. The van der Waals surface area contributed by atoms with Crippen molar-refractivity contribution in [2.24, 2.45) is 11.3 Å². The van der Waals surface area contributed by atoms with Gasteiger partial charge in [0, 0.05) is 19.6 Å². The van der Waals surface area contributed by atoms with Crippen LogP contribution >= 0.6 is 0 Å². The predicted octanol–water partition coefficient (Wildman–Crippen LogP) is 2.32. The van der Waals surface area contributed by atoms with Crippen LogP contribution < -0.4 is 0 Å². The van der Waals surface area contributed by atoms with Crippen molar-refractivity contribution in [1.82, 2.24) is 4.90 Å². The Morgan fingerprint density at radius 1 is 1.42 bits per heavy atom. The molecule has 1 heterocycles. The van der Waals surface area contributed by atoms with Crippen molar-refractivity contribution in [2.45, 2.75) is 47.1 Å². The lowest BCUT2D eigenvalue weighted by atomic mass is 9.92. The van der Waals surface area contributed by atoms with Crippen LogP contribution in [0, 0.1) is 11.3 Å². The molecule has 0 saturated carbocycles. The van der Waals surface area contributed by atoms with Crippen molar-refractivity contribution >= 4 is 5.97 Å². The molecule has 19 heavy (non-hydrogen) atoms. The van der Waals surface area contributed by atoms with Crippen molar-refractivity contribution in [3.8, 4) is 0 Å². The highest BCUT2D eigenvalue weighted by Gasteiger charge is 2.23. The predicted molar refractivity (Wildman–Crippen MR) is 76.0 cm³/mol. The van der Waals surface area contributed by atoms with Gasteiger partial charge in [-0.3, -0.25) is 9.69 Å². The van der Waals surface area contributed by atoms with Gasteiger partial charge >= 0.3 is 5.97 Å². The van der Waals surface area contributed by atoms with Gasteiger partial charge < -0.3 is 9.47 Å². The third kappa shape index (κ3) is 7.53. The standard InChI is InChI=1S/C15H29NO3/c1-12(2)9-16-6-7-18-13(10-16)11-19-14(17)8-15(3,4)5/h12-13H,6-11H2,1-5H3. The van der Waals surface area contributed by atoms with E-state index in [1.807, 2.05) is 20.8 Å². The molecule has 0 aromatic rings. The smallest absolute Gasteiger partial charge is 0.306 e. The van der Waals surface area contributed by atoms with E-state index in [2.05, 4.69) is 18.7 Å². The monoisotopic (exact) mass is 271 g/mol. The Balaban J connectivity index is 2.27. The fraction of sp³-hybridized carbons (Fsp3) is 0.933. The zero-order valence-electron chi connectivity index (χ0n) is 13.1. The quantitative estimate of drug-likeness (QED) is 0.719. The number of ether oxygens (including phenoxy) is 2. The molecule has 1 aliphatic rings. The van der Waals surface area contributed by atoms with Gasteiger partial charge in [0.05, 0.1) is 13.0 Å². The van der Waals surface area contributed by atoms with E-state index in [1.54, 1.807) is 0 Å². The summed E-state index contributed by atoms with van der Waals surface area (Å²) in [6, 6.07) is 0. The number of rotatable bonds is 5. The SMILES string of the molecule is CC(C)CN1CCOC(COC(=O)CC(C)(C)C)C1. The van der Waals surface area contributed by atoms with Crippen LogP contribution in [0.1, 0.15) is 41.0 Å². The molecule has 0 amide bonds. The summed E-state index contributed by atoms with van der Waals surface area (Å²) in [6.45, 7) is 14.6. The van der Waals surface area contributed by atoms with Crippen LogP contribution in [-0.2, 0) is 14.3 Å². The first-order valence-corrected chi connectivity index (χ1v) is 7.26. The Hall–Kier alpha value is -0.610. The second-order valence-corrected chi connectivity index (χ2v) is 7.07. The number of hydrogen-bond acceptors (Lipinski definition) is 4. The number of carbonyl (C=O) groups is 1. The third-order valence-corrected chi connectivity index (χ3v) is 2.95. The maximum Gasteiger partial charge on any atom is 0.306 e. The summed E-state index contributed by atoms with van der Waals surface area (Å²) in [6.07, 6.45) is 0.478. The van der Waals surface area contributed by atoms with E-state index in [-0.39, 0.29) is 17.5 Å². The molecule has 0 aromatic carbocycles. The second kappa shape index (κ2) is 7.25. The molecule has 1 atom stereocenters. The van der Waals surface area contributed by atoms with E-state index in [0.717, 1.165) is 26.2 Å². The molecule has 0 aliphatic carbocycles. The molecule has 0 spiro atoms. The van der Waals surface area contributed by atoms with Crippen molar-refractivity contribution in [1.29, 1.82) is 0 Å². The number of nitrogens with zero attached hydrogens (tertiary/aromatic N) is 1. The van der Waals surface area contributed by atoms with Gasteiger partial charge in [0.2, 0.25) is 0 Å². The zero-order valence-corrected chi connectivity index (χ0v) is 13.1. The molecule has 0 aromatic heterocycles. The van der Waals surface area contributed by atoms with Crippen molar-refractivity contribution in [3.05, 3.63) is 0 Å². The van der Waals surface area contributed by atoms with Gasteiger partial charge in [-0.25, -0.2) is 0 Å². The maximum absolute atomic E-state index is 11.7. The lowest BCUT2D eigenvalue weighted by Crippen LogP contribution is -2.46. The van der Waals surface area contributed by atoms with Crippen LogP contribution in [0.4, 0.5) is 0 Å². The van der Waals surface area contributed by atoms with Gasteiger partial charge in [-0.2, -0.15) is 0 Å². The molecule has 112 valence electrons. The summed E-state index contributed by atoms with van der Waals surface area (Å²) < 4.78 is 11.0. The Kier molecular flexibility index (Phi) is 6.27. The highest BCUT2D eigenvalue weighted by molar-refractivity contribution is 5.70. The van der Waals surface area contributed by atoms with E-state index >= 15 is 0 Å². The molecule has 1 unspecified atom stereocenters. The molecule has 4 heteroatoms. The minimum Gasteiger partial charge on any atom is -0.463 e. The van der Waals surface area contributed by atoms with E-state index in [4.69, 9.17) is 9.47 Å². The molecule has 4 nitrogen and oxygen atoms in total. The number of esters is 1. The van der Waals surface area contributed by atoms with Gasteiger partial charge in [0.25, 0.3) is 0 Å². The van der Waals surface area contributed by atoms with Crippen LogP contribution in [0.25, 0.3) is 0 Å². The van der Waals surface area contributed by atoms with Crippen molar-refractivity contribution < 1.29 is 14.3 Å². The number of morpholine rings is 1.